The van der Waals surface area contributed by atoms with Gasteiger partial charge in [0.1, 0.15) is 0 Å². The number of piperazine rings is 1. The minimum absolute atomic E-state index is 0.0354. The van der Waals surface area contributed by atoms with Gasteiger partial charge in [-0.25, -0.2) is 0 Å². The van der Waals surface area contributed by atoms with Gasteiger partial charge in [-0.05, 0) is 42.5 Å². The maximum atomic E-state index is 13.0. The van der Waals surface area contributed by atoms with E-state index in [4.69, 9.17) is 5.26 Å². The second-order valence-electron chi connectivity index (χ2n) is 9.05. The lowest BCUT2D eigenvalue weighted by molar-refractivity contribution is -0.142. The normalized spacial score (nSPS) is 17.5. The zero-order valence-corrected chi connectivity index (χ0v) is 19.2. The first-order chi connectivity index (χ1) is 16.1. The Balaban J connectivity index is 1.17. The number of nitrogens with zero attached hydrogens (tertiary/aromatic N) is 4. The summed E-state index contributed by atoms with van der Waals surface area (Å²) in [6.45, 7) is 5.45. The van der Waals surface area contributed by atoms with Crippen LogP contribution in [-0.4, -0.2) is 65.8 Å². The van der Waals surface area contributed by atoms with Crippen LogP contribution in [0.25, 0.3) is 0 Å². The summed E-state index contributed by atoms with van der Waals surface area (Å²) in [4.78, 5) is 31.9. The Bertz CT molecular complexity index is 967. The molecule has 6 heteroatoms. The summed E-state index contributed by atoms with van der Waals surface area (Å²) in [6.07, 6.45) is 2.83. The molecule has 4 rings (SSSR count). The molecule has 2 amide bonds. The molecule has 0 radical (unpaired) electrons. The van der Waals surface area contributed by atoms with Gasteiger partial charge < -0.3 is 9.80 Å². The number of rotatable bonds is 6. The first-order valence-electron chi connectivity index (χ1n) is 11.9. The van der Waals surface area contributed by atoms with Gasteiger partial charge in [0.05, 0.1) is 11.6 Å². The van der Waals surface area contributed by atoms with Gasteiger partial charge in [-0.2, -0.15) is 5.26 Å². The number of aryl methyl sites for hydroxylation is 1. The molecule has 172 valence electrons. The fourth-order valence-electron chi connectivity index (χ4n) is 4.76. The molecule has 0 aliphatic carbocycles. The van der Waals surface area contributed by atoms with E-state index in [1.807, 2.05) is 52.3 Å². The summed E-state index contributed by atoms with van der Waals surface area (Å²) in [6, 6.07) is 20.0. The van der Waals surface area contributed by atoms with Crippen LogP contribution >= 0.6 is 0 Å². The SMILES string of the molecule is N#Cc1ccc(CN2CCN(C(=O)C3CCN(C(=O)CCc4ccccc4)CC3)CC2)cc1. The number of likely N-dealkylation sites (tertiary alicyclic amines) is 1. The summed E-state index contributed by atoms with van der Waals surface area (Å²) in [5, 5.41) is 8.93. The molecule has 0 N–H and O–H groups in total. The maximum Gasteiger partial charge on any atom is 0.225 e. The van der Waals surface area contributed by atoms with Crippen molar-refractivity contribution >= 4 is 11.8 Å². The van der Waals surface area contributed by atoms with Crippen molar-refractivity contribution in [2.45, 2.75) is 32.2 Å². The molecule has 2 aliphatic heterocycles. The zero-order chi connectivity index (χ0) is 23.0. The molecule has 2 heterocycles. The third kappa shape index (κ3) is 6.21. The van der Waals surface area contributed by atoms with Crippen molar-refractivity contribution in [3.05, 3.63) is 71.3 Å². The van der Waals surface area contributed by atoms with E-state index in [1.54, 1.807) is 0 Å². The van der Waals surface area contributed by atoms with Gasteiger partial charge in [-0.1, -0.05) is 42.5 Å². The molecule has 0 unspecified atom stereocenters. The number of carbonyl (C=O) groups is 2. The monoisotopic (exact) mass is 444 g/mol. The minimum atomic E-state index is 0.0354. The van der Waals surface area contributed by atoms with Crippen LogP contribution < -0.4 is 0 Å². The summed E-state index contributed by atoms with van der Waals surface area (Å²) in [5.41, 5.74) is 3.06. The molecule has 0 aromatic heterocycles. The molecular weight excluding hydrogens is 412 g/mol. The fourth-order valence-corrected chi connectivity index (χ4v) is 4.76. The third-order valence-corrected chi connectivity index (χ3v) is 6.84. The van der Waals surface area contributed by atoms with E-state index < -0.39 is 0 Å². The highest BCUT2D eigenvalue weighted by Crippen LogP contribution is 2.22. The van der Waals surface area contributed by atoms with Crippen molar-refractivity contribution in [3.63, 3.8) is 0 Å². The van der Waals surface area contributed by atoms with Gasteiger partial charge in [0.15, 0.2) is 0 Å². The molecule has 0 spiro atoms. The summed E-state index contributed by atoms with van der Waals surface area (Å²) in [5.74, 6) is 0.485. The first kappa shape index (κ1) is 23.0. The number of amides is 2. The first-order valence-corrected chi connectivity index (χ1v) is 11.9. The maximum absolute atomic E-state index is 13.0. The van der Waals surface area contributed by atoms with Gasteiger partial charge in [-0.3, -0.25) is 14.5 Å². The smallest absolute Gasteiger partial charge is 0.225 e. The molecule has 6 nitrogen and oxygen atoms in total. The minimum Gasteiger partial charge on any atom is -0.343 e. The zero-order valence-electron chi connectivity index (χ0n) is 19.2. The largest absolute Gasteiger partial charge is 0.343 e. The lowest BCUT2D eigenvalue weighted by Crippen LogP contribution is -2.51. The molecule has 2 fully saturated rings. The van der Waals surface area contributed by atoms with Crippen LogP contribution in [-0.2, 0) is 22.6 Å². The Morgan fingerprint density at radius 1 is 0.818 bits per heavy atom. The predicted octanol–water partition coefficient (Wildman–Crippen LogP) is 3.07. The molecule has 0 atom stereocenters. The summed E-state index contributed by atoms with van der Waals surface area (Å²) >= 11 is 0. The molecule has 0 bridgehead atoms. The molecule has 33 heavy (non-hydrogen) atoms. The Hall–Kier alpha value is -3.17. The highest BCUT2D eigenvalue weighted by molar-refractivity contribution is 5.80. The van der Waals surface area contributed by atoms with E-state index in [0.29, 0.717) is 25.1 Å². The quantitative estimate of drug-likeness (QED) is 0.687. The van der Waals surface area contributed by atoms with E-state index in [9.17, 15) is 9.59 Å². The van der Waals surface area contributed by atoms with E-state index in [0.717, 1.165) is 52.0 Å². The lowest BCUT2D eigenvalue weighted by atomic mass is 9.94. The van der Waals surface area contributed by atoms with Crippen LogP contribution in [0, 0.1) is 17.2 Å². The second kappa shape index (κ2) is 11.1. The van der Waals surface area contributed by atoms with Gasteiger partial charge in [0, 0.05) is 58.2 Å². The van der Waals surface area contributed by atoms with E-state index in [1.165, 1.54) is 11.1 Å². The topological polar surface area (TPSA) is 67.7 Å². The number of carbonyl (C=O) groups excluding carboxylic acids is 2. The van der Waals surface area contributed by atoms with Crippen molar-refractivity contribution in [2.24, 2.45) is 5.92 Å². The van der Waals surface area contributed by atoms with Crippen molar-refractivity contribution in [2.75, 3.05) is 39.3 Å². The molecule has 2 aliphatic rings. The molecular formula is C27H32N4O2. The van der Waals surface area contributed by atoms with Crippen LogP contribution in [0.3, 0.4) is 0 Å². The average molecular weight is 445 g/mol. The van der Waals surface area contributed by atoms with Crippen molar-refractivity contribution in [1.82, 2.24) is 14.7 Å². The van der Waals surface area contributed by atoms with Crippen molar-refractivity contribution < 1.29 is 9.59 Å². The second-order valence-corrected chi connectivity index (χ2v) is 9.05. The van der Waals surface area contributed by atoms with Gasteiger partial charge in [-0.15, -0.1) is 0 Å². The number of hydrogen-bond donors (Lipinski definition) is 0. The highest BCUT2D eigenvalue weighted by Gasteiger charge is 2.31. The number of nitriles is 1. The van der Waals surface area contributed by atoms with Crippen LogP contribution in [0.4, 0.5) is 0 Å². The predicted molar refractivity (Wildman–Crippen MR) is 127 cm³/mol. The van der Waals surface area contributed by atoms with Crippen molar-refractivity contribution in [3.8, 4) is 6.07 Å². The molecule has 2 aromatic rings. The highest BCUT2D eigenvalue weighted by atomic mass is 16.2. The van der Waals surface area contributed by atoms with Crippen LogP contribution in [0.1, 0.15) is 36.0 Å². The number of piperidine rings is 1. The van der Waals surface area contributed by atoms with Crippen LogP contribution in [0.15, 0.2) is 54.6 Å². The summed E-state index contributed by atoms with van der Waals surface area (Å²) < 4.78 is 0. The van der Waals surface area contributed by atoms with Crippen LogP contribution in [0.5, 0.6) is 0 Å². The Morgan fingerprint density at radius 3 is 2.12 bits per heavy atom. The molecule has 2 saturated heterocycles. The van der Waals surface area contributed by atoms with E-state index >= 15 is 0 Å². The Morgan fingerprint density at radius 2 is 1.48 bits per heavy atom. The fraction of sp³-hybridized carbons (Fsp3) is 0.444. The van der Waals surface area contributed by atoms with Gasteiger partial charge in [0.25, 0.3) is 0 Å². The van der Waals surface area contributed by atoms with Gasteiger partial charge >= 0.3 is 0 Å². The number of benzene rings is 2. The van der Waals surface area contributed by atoms with Gasteiger partial charge in [0.2, 0.25) is 11.8 Å². The third-order valence-electron chi connectivity index (χ3n) is 6.84. The van der Waals surface area contributed by atoms with Crippen molar-refractivity contribution in [1.29, 1.82) is 5.26 Å². The lowest BCUT2D eigenvalue weighted by Gasteiger charge is -2.38. The molecule has 2 aromatic carbocycles. The van der Waals surface area contributed by atoms with Crippen LogP contribution in [0.2, 0.25) is 0 Å². The Labute approximate surface area is 196 Å². The summed E-state index contributed by atoms with van der Waals surface area (Å²) in [7, 11) is 0. The van der Waals surface area contributed by atoms with E-state index in [-0.39, 0.29) is 17.7 Å². The Kier molecular flexibility index (Phi) is 7.74. The average Bonchev–Trinajstić information content (AvgIpc) is 2.88. The van der Waals surface area contributed by atoms with E-state index in [2.05, 4.69) is 23.1 Å². The standard InChI is InChI=1S/C27H32N4O2/c28-20-23-6-8-24(9-7-23)21-29-16-18-31(19-17-29)27(33)25-12-14-30(15-13-25)26(32)11-10-22-4-2-1-3-5-22/h1-9,25H,10-19,21H2. The number of hydrogen-bond acceptors (Lipinski definition) is 4. The molecule has 0 saturated carbocycles.